The quantitative estimate of drug-likeness (QED) is 0.741. The highest BCUT2D eigenvalue weighted by molar-refractivity contribution is 9.10. The van der Waals surface area contributed by atoms with Crippen molar-refractivity contribution < 1.29 is 14.3 Å². The third kappa shape index (κ3) is 3.67. The molecule has 1 atom stereocenters. The Balaban J connectivity index is 2.86. The van der Waals surface area contributed by atoms with Gasteiger partial charge < -0.3 is 16.2 Å². The lowest BCUT2D eigenvalue weighted by atomic mass is 10.1. The molecule has 0 aromatic heterocycles. The Bertz CT molecular complexity index is 426. The van der Waals surface area contributed by atoms with Gasteiger partial charge in [0.15, 0.2) is 0 Å². The molecule has 0 aliphatic heterocycles. The van der Waals surface area contributed by atoms with Crippen molar-refractivity contribution in [3.63, 3.8) is 0 Å². The minimum atomic E-state index is -0.572. The molecule has 0 bridgehead atoms. The van der Waals surface area contributed by atoms with E-state index in [-0.39, 0.29) is 29.8 Å². The topological polar surface area (TPSA) is 75.3 Å². The van der Waals surface area contributed by atoms with Crippen molar-refractivity contribution in [3.8, 4) is 0 Å². The number of anilines is 1. The van der Waals surface area contributed by atoms with Crippen molar-refractivity contribution in [1.82, 2.24) is 5.32 Å². The number of nitrogen functional groups attached to an aromatic ring is 1. The van der Waals surface area contributed by atoms with Crippen molar-refractivity contribution in [3.05, 3.63) is 28.0 Å². The number of carbonyl (C=O) groups excluding carboxylic acids is 1. The van der Waals surface area contributed by atoms with Crippen LogP contribution in [0.15, 0.2) is 16.6 Å². The smallest absolute Gasteiger partial charge is 0.252 e. The second kappa shape index (κ2) is 5.97. The van der Waals surface area contributed by atoms with Crippen LogP contribution in [-0.2, 0) is 0 Å². The number of carbonyl (C=O) groups is 1. The number of nitrogens with one attached hydrogen (secondary N) is 1. The van der Waals surface area contributed by atoms with E-state index < -0.39 is 5.82 Å². The minimum Gasteiger partial charge on any atom is -0.396 e. The summed E-state index contributed by atoms with van der Waals surface area (Å²) in [5.74, 6) is -0.929. The van der Waals surface area contributed by atoms with Gasteiger partial charge in [-0.3, -0.25) is 4.79 Å². The van der Waals surface area contributed by atoms with Gasteiger partial charge in [0.25, 0.3) is 5.91 Å². The van der Waals surface area contributed by atoms with E-state index in [4.69, 9.17) is 10.8 Å². The first kappa shape index (κ1) is 13.9. The van der Waals surface area contributed by atoms with Gasteiger partial charge in [-0.2, -0.15) is 0 Å². The van der Waals surface area contributed by atoms with Crippen LogP contribution >= 0.6 is 15.9 Å². The lowest BCUT2D eigenvalue weighted by Gasteiger charge is -2.13. The Morgan fingerprint density at radius 1 is 1.65 bits per heavy atom. The number of aliphatic hydroxyl groups excluding tert-OH is 1. The molecule has 0 fully saturated rings. The van der Waals surface area contributed by atoms with Gasteiger partial charge in [0, 0.05) is 17.1 Å². The number of hydrogen-bond donors (Lipinski definition) is 3. The molecule has 0 aliphatic carbocycles. The Labute approximate surface area is 107 Å². The van der Waals surface area contributed by atoms with Gasteiger partial charge in [0.1, 0.15) is 5.82 Å². The van der Waals surface area contributed by atoms with Crippen molar-refractivity contribution in [1.29, 1.82) is 0 Å². The lowest BCUT2D eigenvalue weighted by Crippen LogP contribution is -2.33. The average Bonchev–Trinajstić information content (AvgIpc) is 2.23. The highest BCUT2D eigenvalue weighted by Gasteiger charge is 2.15. The van der Waals surface area contributed by atoms with Gasteiger partial charge in [0.05, 0.1) is 11.3 Å². The van der Waals surface area contributed by atoms with Crippen molar-refractivity contribution in [2.24, 2.45) is 0 Å². The first-order chi connectivity index (χ1) is 7.95. The molecule has 0 saturated heterocycles. The Morgan fingerprint density at radius 2 is 2.29 bits per heavy atom. The zero-order valence-electron chi connectivity index (χ0n) is 9.34. The molecule has 4 nitrogen and oxygen atoms in total. The standard InChI is InChI=1S/C11H14BrFN2O2/c1-6(2-3-16)15-11(17)7-4-10(14)9(13)5-8(7)12/h4-6,16H,2-3,14H2,1H3,(H,15,17). The number of nitrogens with two attached hydrogens (primary N) is 1. The molecule has 1 rings (SSSR count). The van der Waals surface area contributed by atoms with Gasteiger partial charge in [-0.1, -0.05) is 0 Å². The molecule has 1 aromatic carbocycles. The summed E-state index contributed by atoms with van der Waals surface area (Å²) in [6.07, 6.45) is 0.458. The molecule has 4 N–H and O–H groups in total. The van der Waals surface area contributed by atoms with Crippen LogP contribution in [0.3, 0.4) is 0 Å². The fourth-order valence-electron chi connectivity index (χ4n) is 1.31. The Hall–Kier alpha value is -1.14. The van der Waals surface area contributed by atoms with Gasteiger partial charge in [-0.25, -0.2) is 4.39 Å². The fraction of sp³-hybridized carbons (Fsp3) is 0.364. The number of halogens is 2. The third-order valence-corrected chi connectivity index (χ3v) is 2.93. The van der Waals surface area contributed by atoms with Gasteiger partial charge in [-0.05, 0) is 41.4 Å². The molecule has 0 aliphatic rings. The highest BCUT2D eigenvalue weighted by Crippen LogP contribution is 2.22. The summed E-state index contributed by atoms with van der Waals surface area (Å²) in [7, 11) is 0. The average molecular weight is 305 g/mol. The van der Waals surface area contributed by atoms with Gasteiger partial charge >= 0.3 is 0 Å². The molecule has 0 saturated carbocycles. The van der Waals surface area contributed by atoms with Crippen LogP contribution in [0, 0.1) is 5.82 Å². The first-order valence-electron chi connectivity index (χ1n) is 5.12. The Kier molecular flexibility index (Phi) is 4.89. The predicted octanol–water partition coefficient (Wildman–Crippen LogP) is 1.67. The van der Waals surface area contributed by atoms with E-state index in [1.165, 1.54) is 6.07 Å². The third-order valence-electron chi connectivity index (χ3n) is 2.27. The van der Waals surface area contributed by atoms with Crippen molar-refractivity contribution >= 4 is 27.5 Å². The van der Waals surface area contributed by atoms with E-state index in [0.717, 1.165) is 6.07 Å². The summed E-state index contributed by atoms with van der Waals surface area (Å²) in [6.45, 7) is 1.77. The monoisotopic (exact) mass is 304 g/mol. The minimum absolute atomic E-state index is 0.00578. The molecule has 94 valence electrons. The number of amides is 1. The SMILES string of the molecule is CC(CCO)NC(=O)c1cc(N)c(F)cc1Br. The van der Waals surface area contributed by atoms with Crippen LogP contribution in [0.25, 0.3) is 0 Å². The number of hydrogen-bond acceptors (Lipinski definition) is 3. The molecule has 1 aromatic rings. The first-order valence-corrected chi connectivity index (χ1v) is 5.91. The second-order valence-corrected chi connectivity index (χ2v) is 4.59. The van der Waals surface area contributed by atoms with Crippen LogP contribution in [0.2, 0.25) is 0 Å². The fourth-order valence-corrected chi connectivity index (χ4v) is 1.80. The normalized spacial score (nSPS) is 12.2. The molecular weight excluding hydrogens is 291 g/mol. The van der Waals surface area contributed by atoms with Crippen LogP contribution in [0.5, 0.6) is 0 Å². The molecule has 0 heterocycles. The van der Waals surface area contributed by atoms with E-state index >= 15 is 0 Å². The number of rotatable bonds is 4. The number of aliphatic hydroxyl groups is 1. The summed E-state index contributed by atoms with van der Waals surface area (Å²) in [5.41, 5.74) is 5.60. The van der Waals surface area contributed by atoms with Gasteiger partial charge in [0.2, 0.25) is 0 Å². The van der Waals surface area contributed by atoms with E-state index in [0.29, 0.717) is 10.9 Å². The molecule has 17 heavy (non-hydrogen) atoms. The molecule has 0 spiro atoms. The summed E-state index contributed by atoms with van der Waals surface area (Å²) < 4.78 is 13.4. The van der Waals surface area contributed by atoms with Gasteiger partial charge in [-0.15, -0.1) is 0 Å². The van der Waals surface area contributed by atoms with Crippen LogP contribution < -0.4 is 11.1 Å². The Morgan fingerprint density at radius 3 is 2.88 bits per heavy atom. The van der Waals surface area contributed by atoms with Crippen LogP contribution in [0.4, 0.5) is 10.1 Å². The summed E-state index contributed by atoms with van der Waals surface area (Å²) in [5, 5.41) is 11.4. The lowest BCUT2D eigenvalue weighted by molar-refractivity contribution is 0.0933. The van der Waals surface area contributed by atoms with E-state index in [1.54, 1.807) is 6.92 Å². The zero-order valence-corrected chi connectivity index (χ0v) is 10.9. The molecule has 0 radical (unpaired) electrons. The summed E-state index contributed by atoms with van der Waals surface area (Å²) >= 11 is 3.11. The van der Waals surface area contributed by atoms with Crippen molar-refractivity contribution in [2.45, 2.75) is 19.4 Å². The van der Waals surface area contributed by atoms with E-state index in [9.17, 15) is 9.18 Å². The second-order valence-electron chi connectivity index (χ2n) is 3.74. The number of benzene rings is 1. The van der Waals surface area contributed by atoms with Crippen molar-refractivity contribution in [2.75, 3.05) is 12.3 Å². The molecule has 1 amide bonds. The molecule has 1 unspecified atom stereocenters. The van der Waals surface area contributed by atoms with Crippen LogP contribution in [0.1, 0.15) is 23.7 Å². The molecular formula is C11H14BrFN2O2. The largest absolute Gasteiger partial charge is 0.396 e. The van der Waals surface area contributed by atoms with Crippen LogP contribution in [-0.4, -0.2) is 23.7 Å². The zero-order chi connectivity index (χ0) is 13.0. The summed E-state index contributed by atoms with van der Waals surface area (Å²) in [6, 6.07) is 2.27. The maximum absolute atomic E-state index is 13.1. The maximum Gasteiger partial charge on any atom is 0.252 e. The maximum atomic E-state index is 13.1. The summed E-state index contributed by atoms with van der Waals surface area (Å²) in [4.78, 5) is 11.8. The van der Waals surface area contributed by atoms with E-state index in [1.807, 2.05) is 0 Å². The van der Waals surface area contributed by atoms with E-state index in [2.05, 4.69) is 21.2 Å². The predicted molar refractivity (Wildman–Crippen MR) is 67.1 cm³/mol. The molecule has 6 heteroatoms. The highest BCUT2D eigenvalue weighted by atomic mass is 79.9.